The van der Waals surface area contributed by atoms with Gasteiger partial charge >= 0.3 is 0 Å². The van der Waals surface area contributed by atoms with Crippen molar-refractivity contribution in [1.82, 2.24) is 0 Å². The molecule has 0 aromatic carbocycles. The lowest BCUT2D eigenvalue weighted by Crippen LogP contribution is -2.20. The molecule has 3 nitrogen and oxygen atoms in total. The molecule has 0 amide bonds. The highest BCUT2D eigenvalue weighted by Crippen LogP contribution is 2.20. The second-order valence-corrected chi connectivity index (χ2v) is 5.62. The van der Waals surface area contributed by atoms with Gasteiger partial charge < -0.3 is 9.84 Å². The Labute approximate surface area is 105 Å². The molecule has 0 radical (unpaired) electrons. The Kier molecular flexibility index (Phi) is 5.96. The van der Waals surface area contributed by atoms with Gasteiger partial charge in [-0.2, -0.15) is 0 Å². The second-order valence-electron chi connectivity index (χ2n) is 5.62. The monoisotopic (exact) mass is 241 g/mol. The first-order valence-electron chi connectivity index (χ1n) is 6.96. The summed E-state index contributed by atoms with van der Waals surface area (Å²) < 4.78 is 5.43. The molecule has 1 atom stereocenters. The van der Waals surface area contributed by atoms with E-state index in [1.165, 1.54) is 32.1 Å². The molecule has 0 aromatic heterocycles. The molecule has 100 valence electrons. The van der Waals surface area contributed by atoms with Crippen molar-refractivity contribution in [2.75, 3.05) is 6.61 Å². The summed E-state index contributed by atoms with van der Waals surface area (Å²) in [5.74, 6) is 0.545. The van der Waals surface area contributed by atoms with Crippen LogP contribution in [0.5, 0.6) is 0 Å². The van der Waals surface area contributed by atoms with E-state index in [0.717, 1.165) is 12.8 Å². The summed E-state index contributed by atoms with van der Waals surface area (Å²) in [5.41, 5.74) is -0.155. The van der Waals surface area contributed by atoms with Crippen molar-refractivity contribution in [3.8, 4) is 0 Å². The van der Waals surface area contributed by atoms with Crippen molar-refractivity contribution in [2.45, 2.75) is 77.4 Å². The Bertz CT molecular complexity index is 249. The Hall–Kier alpha value is -0.570. The Morgan fingerprint density at radius 2 is 1.88 bits per heavy atom. The molecule has 0 saturated heterocycles. The first kappa shape index (κ1) is 14.5. The summed E-state index contributed by atoms with van der Waals surface area (Å²) in [6.07, 6.45) is 7.75. The molecule has 0 aromatic rings. The second kappa shape index (κ2) is 7.00. The van der Waals surface area contributed by atoms with E-state index in [2.05, 4.69) is 11.9 Å². The van der Waals surface area contributed by atoms with E-state index in [4.69, 9.17) is 4.74 Å². The fourth-order valence-corrected chi connectivity index (χ4v) is 2.03. The van der Waals surface area contributed by atoms with Crippen LogP contribution in [0.3, 0.4) is 0 Å². The van der Waals surface area contributed by atoms with Gasteiger partial charge in [-0.25, -0.2) is 4.99 Å². The highest BCUT2D eigenvalue weighted by Gasteiger charge is 2.29. The summed E-state index contributed by atoms with van der Waals surface area (Å²) in [5, 5.41) is 9.93. The zero-order valence-electron chi connectivity index (χ0n) is 11.5. The standard InChI is InChI=1S/C14H27NO2/c1-4-5-6-7-8-9-10-12(16)13-15-14(2,3)11-17-13/h12,16H,4-11H2,1-3H3. The third-order valence-corrected chi connectivity index (χ3v) is 3.10. The highest BCUT2D eigenvalue weighted by atomic mass is 16.5. The van der Waals surface area contributed by atoms with Crippen LogP contribution in [0.25, 0.3) is 0 Å². The quantitative estimate of drug-likeness (QED) is 0.662. The van der Waals surface area contributed by atoms with Crippen LogP contribution in [0.15, 0.2) is 4.99 Å². The third kappa shape index (κ3) is 5.53. The average Bonchev–Trinajstić information content (AvgIpc) is 2.64. The molecule has 1 aliphatic rings. The van der Waals surface area contributed by atoms with Crippen molar-refractivity contribution in [3.63, 3.8) is 0 Å². The van der Waals surface area contributed by atoms with Crippen molar-refractivity contribution >= 4 is 5.90 Å². The van der Waals surface area contributed by atoms with Crippen molar-refractivity contribution in [3.05, 3.63) is 0 Å². The van der Waals surface area contributed by atoms with Crippen LogP contribution in [0.1, 0.15) is 65.7 Å². The number of rotatable bonds is 8. The Morgan fingerprint density at radius 1 is 1.24 bits per heavy atom. The topological polar surface area (TPSA) is 41.8 Å². The molecule has 1 heterocycles. The van der Waals surface area contributed by atoms with Gasteiger partial charge in [-0.1, -0.05) is 45.4 Å². The van der Waals surface area contributed by atoms with Gasteiger partial charge in [0.05, 0.1) is 5.54 Å². The lowest BCUT2D eigenvalue weighted by atomic mass is 10.1. The van der Waals surface area contributed by atoms with Crippen LogP contribution in [-0.2, 0) is 4.74 Å². The zero-order valence-corrected chi connectivity index (χ0v) is 11.5. The number of aliphatic hydroxyl groups excluding tert-OH is 1. The van der Waals surface area contributed by atoms with Crippen LogP contribution in [0.2, 0.25) is 0 Å². The predicted molar refractivity (Wildman–Crippen MR) is 71.5 cm³/mol. The first-order valence-corrected chi connectivity index (χ1v) is 6.96. The molecular formula is C14H27NO2. The molecule has 1 unspecified atom stereocenters. The lowest BCUT2D eigenvalue weighted by Gasteiger charge is -2.09. The molecule has 1 aliphatic heterocycles. The van der Waals surface area contributed by atoms with Gasteiger partial charge in [-0.05, 0) is 20.3 Å². The third-order valence-electron chi connectivity index (χ3n) is 3.10. The smallest absolute Gasteiger partial charge is 0.213 e. The van der Waals surface area contributed by atoms with Crippen molar-refractivity contribution in [2.24, 2.45) is 4.99 Å². The lowest BCUT2D eigenvalue weighted by molar-refractivity contribution is 0.180. The summed E-state index contributed by atoms with van der Waals surface area (Å²) in [7, 11) is 0. The van der Waals surface area contributed by atoms with E-state index < -0.39 is 6.10 Å². The molecule has 0 bridgehead atoms. The van der Waals surface area contributed by atoms with Gasteiger partial charge in [0.2, 0.25) is 5.90 Å². The van der Waals surface area contributed by atoms with Gasteiger partial charge in [0.25, 0.3) is 0 Å². The number of hydrogen-bond donors (Lipinski definition) is 1. The minimum absolute atomic E-state index is 0.155. The molecular weight excluding hydrogens is 214 g/mol. The van der Waals surface area contributed by atoms with Crippen LogP contribution >= 0.6 is 0 Å². The molecule has 1 N–H and O–H groups in total. The summed E-state index contributed by atoms with van der Waals surface area (Å²) in [6.45, 7) is 6.87. The van der Waals surface area contributed by atoms with Crippen molar-refractivity contribution < 1.29 is 9.84 Å². The van der Waals surface area contributed by atoms with Gasteiger partial charge in [0, 0.05) is 0 Å². The van der Waals surface area contributed by atoms with E-state index in [0.29, 0.717) is 12.5 Å². The zero-order chi connectivity index (χ0) is 12.7. The largest absolute Gasteiger partial charge is 0.477 e. The summed E-state index contributed by atoms with van der Waals surface area (Å²) in [4.78, 5) is 4.39. The molecule has 17 heavy (non-hydrogen) atoms. The number of aliphatic imine (C=N–C) groups is 1. The minimum atomic E-state index is -0.497. The maximum absolute atomic E-state index is 9.93. The molecule has 0 aliphatic carbocycles. The normalized spacial score (nSPS) is 19.9. The fourth-order valence-electron chi connectivity index (χ4n) is 2.03. The Balaban J connectivity index is 2.11. The minimum Gasteiger partial charge on any atom is -0.477 e. The van der Waals surface area contributed by atoms with E-state index in [9.17, 15) is 5.11 Å². The molecule has 0 fully saturated rings. The summed E-state index contributed by atoms with van der Waals surface area (Å²) in [6, 6.07) is 0. The summed E-state index contributed by atoms with van der Waals surface area (Å²) >= 11 is 0. The van der Waals surface area contributed by atoms with Crippen LogP contribution in [0.4, 0.5) is 0 Å². The fraction of sp³-hybridized carbons (Fsp3) is 0.929. The van der Waals surface area contributed by atoms with Gasteiger partial charge in [-0.15, -0.1) is 0 Å². The van der Waals surface area contributed by atoms with Gasteiger partial charge in [-0.3, -0.25) is 0 Å². The van der Waals surface area contributed by atoms with Crippen molar-refractivity contribution in [1.29, 1.82) is 0 Å². The number of unbranched alkanes of at least 4 members (excludes halogenated alkanes) is 5. The van der Waals surface area contributed by atoms with Crippen LogP contribution < -0.4 is 0 Å². The maximum Gasteiger partial charge on any atom is 0.213 e. The van der Waals surface area contributed by atoms with Gasteiger partial charge in [0.1, 0.15) is 12.7 Å². The molecule has 3 heteroatoms. The number of nitrogens with zero attached hydrogens (tertiary/aromatic N) is 1. The number of aliphatic hydroxyl groups is 1. The van der Waals surface area contributed by atoms with Crippen LogP contribution in [-0.4, -0.2) is 29.3 Å². The van der Waals surface area contributed by atoms with E-state index in [1.807, 2.05) is 13.8 Å². The SMILES string of the molecule is CCCCCCCCC(O)C1=NC(C)(C)CO1. The molecule has 0 spiro atoms. The van der Waals surface area contributed by atoms with Crippen LogP contribution in [0, 0.1) is 0 Å². The molecule has 0 saturated carbocycles. The first-order chi connectivity index (χ1) is 8.05. The van der Waals surface area contributed by atoms with E-state index in [-0.39, 0.29) is 5.54 Å². The molecule has 1 rings (SSSR count). The predicted octanol–water partition coefficient (Wildman–Crippen LogP) is 3.31. The number of hydrogen-bond acceptors (Lipinski definition) is 3. The van der Waals surface area contributed by atoms with E-state index >= 15 is 0 Å². The number of ether oxygens (including phenoxy) is 1. The Morgan fingerprint density at radius 3 is 2.47 bits per heavy atom. The average molecular weight is 241 g/mol. The van der Waals surface area contributed by atoms with Gasteiger partial charge in [0.15, 0.2) is 0 Å². The maximum atomic E-state index is 9.93. The highest BCUT2D eigenvalue weighted by molar-refractivity contribution is 5.82. The van der Waals surface area contributed by atoms with E-state index in [1.54, 1.807) is 0 Å².